The molecule has 0 N–H and O–H groups in total. The van der Waals surface area contributed by atoms with Crippen molar-refractivity contribution in [1.29, 1.82) is 0 Å². The molecule has 2 heterocycles. The van der Waals surface area contributed by atoms with Crippen molar-refractivity contribution >= 4 is 34.8 Å². The lowest BCUT2D eigenvalue weighted by atomic mass is 10.0. The summed E-state index contributed by atoms with van der Waals surface area (Å²) in [5, 5.41) is 4.74. The van der Waals surface area contributed by atoms with Gasteiger partial charge in [0.15, 0.2) is 0 Å². The largest absolute Gasteiger partial charge is 0.381 e. The Morgan fingerprint density at radius 1 is 0.850 bits per heavy atom. The fourth-order valence-electron chi connectivity index (χ4n) is 2.24. The van der Waals surface area contributed by atoms with Gasteiger partial charge >= 0.3 is 0 Å². The van der Waals surface area contributed by atoms with Crippen molar-refractivity contribution in [2.24, 2.45) is 21.8 Å². The summed E-state index contributed by atoms with van der Waals surface area (Å²) >= 11 is 8.93. The Balaban J connectivity index is 0.000000200. The number of nitrogens with zero attached hydrogens (tertiary/aromatic N) is 2. The van der Waals surface area contributed by atoms with E-state index in [0.29, 0.717) is 11.8 Å². The summed E-state index contributed by atoms with van der Waals surface area (Å²) in [5.74, 6) is 1.17. The lowest BCUT2D eigenvalue weighted by Gasteiger charge is -2.19. The summed E-state index contributed by atoms with van der Waals surface area (Å²) in [4.78, 5) is 7.76. The highest BCUT2D eigenvalue weighted by Gasteiger charge is 2.12. The predicted octanol–water partition coefficient (Wildman–Crippen LogP) is 3.03. The van der Waals surface area contributed by atoms with Gasteiger partial charge in [-0.3, -0.25) is 0 Å². The van der Waals surface area contributed by atoms with Crippen molar-refractivity contribution in [1.82, 2.24) is 0 Å². The number of thiocarbonyl (C=S) groups is 2. The molecule has 4 nitrogen and oxygen atoms in total. The van der Waals surface area contributed by atoms with Crippen molar-refractivity contribution < 1.29 is 9.47 Å². The second-order valence-electron chi connectivity index (χ2n) is 5.03. The van der Waals surface area contributed by atoms with Gasteiger partial charge in [-0.2, -0.15) is 0 Å². The minimum absolute atomic E-state index is 0.587. The minimum atomic E-state index is 0.587. The molecule has 0 aromatic rings. The molecule has 2 aliphatic rings. The molecular weight excluding hydrogens is 292 g/mol. The standard InChI is InChI=1S/2C7H11NOS/c2*10-6-8-4-7-2-1-3-9-5-7/h2*7H,1-5H2/t2*7-/m10/s1. The Bertz CT molecular complexity index is 307. The SMILES string of the molecule is S=C=NC[C@@H]1CCCOC1.S=C=NC[C@H]1CCCOC1. The monoisotopic (exact) mass is 314 g/mol. The van der Waals surface area contributed by atoms with Gasteiger partial charge in [-0.05, 0) is 50.1 Å². The molecule has 112 valence electrons. The smallest absolute Gasteiger partial charge is 0.0585 e. The van der Waals surface area contributed by atoms with Gasteiger partial charge in [0.05, 0.1) is 36.6 Å². The molecule has 0 bridgehead atoms. The van der Waals surface area contributed by atoms with Crippen molar-refractivity contribution in [3.05, 3.63) is 0 Å². The number of aliphatic imine (C=N–C) groups is 2. The summed E-state index contributed by atoms with van der Waals surface area (Å²) in [6.45, 7) is 5.11. The second-order valence-corrected chi connectivity index (χ2v) is 5.40. The zero-order chi connectivity index (χ0) is 14.5. The summed E-state index contributed by atoms with van der Waals surface area (Å²) in [6, 6.07) is 0. The Kier molecular flexibility index (Phi) is 10.8. The normalized spacial score (nSPS) is 25.4. The van der Waals surface area contributed by atoms with Gasteiger partial charge in [0, 0.05) is 25.0 Å². The highest BCUT2D eigenvalue weighted by atomic mass is 32.1. The van der Waals surface area contributed by atoms with Crippen molar-refractivity contribution in [3.63, 3.8) is 0 Å². The first-order valence-electron chi connectivity index (χ1n) is 7.09. The van der Waals surface area contributed by atoms with E-state index in [9.17, 15) is 0 Å². The quantitative estimate of drug-likeness (QED) is 0.591. The van der Waals surface area contributed by atoms with Crippen LogP contribution in [0.15, 0.2) is 9.98 Å². The first-order chi connectivity index (χ1) is 9.86. The number of rotatable bonds is 4. The molecule has 0 aromatic carbocycles. The third-order valence-corrected chi connectivity index (χ3v) is 3.60. The van der Waals surface area contributed by atoms with Gasteiger partial charge in [-0.1, -0.05) is 0 Å². The molecule has 2 atom stereocenters. The highest BCUT2D eigenvalue weighted by molar-refractivity contribution is 7.78. The first-order valence-corrected chi connectivity index (χ1v) is 7.91. The predicted molar refractivity (Wildman–Crippen MR) is 86.9 cm³/mol. The molecule has 0 aliphatic carbocycles. The second kappa shape index (κ2) is 12.3. The number of isothiocyanates is 2. The minimum Gasteiger partial charge on any atom is -0.381 e. The lowest BCUT2D eigenvalue weighted by Crippen LogP contribution is -2.19. The van der Waals surface area contributed by atoms with Crippen LogP contribution < -0.4 is 0 Å². The van der Waals surface area contributed by atoms with Crippen LogP contribution in [0.2, 0.25) is 0 Å². The number of ether oxygens (including phenoxy) is 2. The summed E-state index contributed by atoms with van der Waals surface area (Å²) in [5.41, 5.74) is 0. The van der Waals surface area contributed by atoms with Crippen LogP contribution in [0.3, 0.4) is 0 Å². The van der Waals surface area contributed by atoms with Crippen LogP contribution in [0.5, 0.6) is 0 Å². The van der Waals surface area contributed by atoms with Crippen molar-refractivity contribution in [3.8, 4) is 0 Å². The molecule has 6 heteroatoms. The van der Waals surface area contributed by atoms with Crippen LogP contribution in [0.25, 0.3) is 0 Å². The molecule has 0 radical (unpaired) electrons. The maximum Gasteiger partial charge on any atom is 0.0585 e. The van der Waals surface area contributed by atoms with Crippen LogP contribution in [0.4, 0.5) is 0 Å². The zero-order valence-corrected chi connectivity index (χ0v) is 13.4. The molecule has 20 heavy (non-hydrogen) atoms. The highest BCUT2D eigenvalue weighted by Crippen LogP contribution is 2.13. The van der Waals surface area contributed by atoms with Crippen LogP contribution >= 0.6 is 24.4 Å². The molecule has 0 unspecified atom stereocenters. The van der Waals surface area contributed by atoms with E-state index in [4.69, 9.17) is 9.47 Å². The van der Waals surface area contributed by atoms with Gasteiger partial charge in [-0.25, -0.2) is 9.98 Å². The Labute approximate surface area is 131 Å². The van der Waals surface area contributed by atoms with Gasteiger partial charge in [0.1, 0.15) is 0 Å². The van der Waals surface area contributed by atoms with Crippen LogP contribution in [0.1, 0.15) is 25.7 Å². The molecule has 2 rings (SSSR count). The third kappa shape index (κ3) is 8.64. The molecule has 2 fully saturated rings. The van der Waals surface area contributed by atoms with Gasteiger partial charge in [-0.15, -0.1) is 0 Å². The Morgan fingerprint density at radius 2 is 1.30 bits per heavy atom. The van der Waals surface area contributed by atoms with Crippen LogP contribution in [-0.2, 0) is 9.47 Å². The van der Waals surface area contributed by atoms with Gasteiger partial charge in [0.2, 0.25) is 0 Å². The van der Waals surface area contributed by atoms with Crippen LogP contribution in [-0.4, -0.2) is 49.8 Å². The van der Waals surface area contributed by atoms with Gasteiger partial charge < -0.3 is 9.47 Å². The fraction of sp³-hybridized carbons (Fsp3) is 0.857. The Morgan fingerprint density at radius 3 is 1.60 bits per heavy atom. The van der Waals surface area contributed by atoms with E-state index in [1.807, 2.05) is 0 Å². The zero-order valence-electron chi connectivity index (χ0n) is 11.8. The first kappa shape index (κ1) is 17.6. The molecule has 0 amide bonds. The third-order valence-electron chi connectivity index (χ3n) is 3.34. The lowest BCUT2D eigenvalue weighted by molar-refractivity contribution is 0.0582. The summed E-state index contributed by atoms with van der Waals surface area (Å²) in [6.07, 6.45) is 4.77. The topological polar surface area (TPSA) is 43.2 Å². The van der Waals surface area contributed by atoms with E-state index in [0.717, 1.165) is 52.4 Å². The van der Waals surface area contributed by atoms with Crippen molar-refractivity contribution in [2.75, 3.05) is 39.5 Å². The van der Waals surface area contributed by atoms with Gasteiger partial charge in [0.25, 0.3) is 0 Å². The molecular formula is C14H22N2O2S2. The van der Waals surface area contributed by atoms with Crippen LogP contribution in [0, 0.1) is 11.8 Å². The van der Waals surface area contributed by atoms with E-state index in [2.05, 4.69) is 44.7 Å². The van der Waals surface area contributed by atoms with E-state index in [-0.39, 0.29) is 0 Å². The fourth-order valence-corrected chi connectivity index (χ4v) is 2.38. The molecule has 2 saturated heterocycles. The average molecular weight is 314 g/mol. The number of hydrogen-bond acceptors (Lipinski definition) is 6. The average Bonchev–Trinajstić information content (AvgIpc) is 2.53. The summed E-state index contributed by atoms with van der Waals surface area (Å²) in [7, 11) is 0. The maximum absolute atomic E-state index is 5.26. The summed E-state index contributed by atoms with van der Waals surface area (Å²) < 4.78 is 10.5. The van der Waals surface area contributed by atoms with E-state index in [1.165, 1.54) is 12.8 Å². The number of hydrogen-bond donors (Lipinski definition) is 0. The van der Waals surface area contributed by atoms with E-state index < -0.39 is 0 Å². The molecule has 0 aromatic heterocycles. The van der Waals surface area contributed by atoms with E-state index in [1.54, 1.807) is 0 Å². The van der Waals surface area contributed by atoms with E-state index >= 15 is 0 Å². The maximum atomic E-state index is 5.26. The molecule has 2 aliphatic heterocycles. The van der Waals surface area contributed by atoms with Crippen molar-refractivity contribution in [2.45, 2.75) is 25.7 Å². The molecule has 0 spiro atoms. The molecule has 0 saturated carbocycles. The Hall–Kier alpha value is -0.480.